The molecule has 1 saturated carbocycles. The monoisotopic (exact) mass is 246 g/mol. The Labute approximate surface area is 105 Å². The zero-order valence-electron chi connectivity index (χ0n) is 9.59. The fourth-order valence-corrected chi connectivity index (χ4v) is 3.75. The maximum atomic E-state index is 6.22. The van der Waals surface area contributed by atoms with Crippen molar-refractivity contribution in [3.05, 3.63) is 35.0 Å². The Balaban J connectivity index is 1.90. The molecule has 0 bridgehead atoms. The number of halogens is 1. The Bertz CT molecular complexity index is 589. The van der Waals surface area contributed by atoms with Crippen LogP contribution < -0.4 is 5.32 Å². The number of nitrogens with one attached hydrogen (secondary N) is 2. The molecule has 2 unspecified atom stereocenters. The normalized spacial score (nSPS) is 31.5. The average Bonchev–Trinajstić information content (AvgIpc) is 2.93. The summed E-state index contributed by atoms with van der Waals surface area (Å²) >= 11 is 6.22. The van der Waals surface area contributed by atoms with Gasteiger partial charge in [-0.1, -0.05) is 23.7 Å². The van der Waals surface area contributed by atoms with Gasteiger partial charge < -0.3 is 10.3 Å². The predicted octanol–water partition coefficient (Wildman–Crippen LogP) is 3.07. The Kier molecular flexibility index (Phi) is 1.92. The molecule has 2 nitrogen and oxygen atoms in total. The van der Waals surface area contributed by atoms with E-state index in [1.807, 2.05) is 12.1 Å². The molecule has 17 heavy (non-hydrogen) atoms. The highest BCUT2D eigenvalue weighted by molar-refractivity contribution is 6.35. The lowest BCUT2D eigenvalue weighted by Crippen LogP contribution is -2.34. The third-order valence-corrected chi connectivity index (χ3v) is 4.86. The van der Waals surface area contributed by atoms with E-state index < -0.39 is 0 Å². The molecule has 1 aliphatic carbocycles. The van der Waals surface area contributed by atoms with E-state index in [0.717, 1.165) is 23.0 Å². The second-order valence-corrected chi connectivity index (χ2v) is 5.79. The van der Waals surface area contributed by atoms with Crippen molar-refractivity contribution in [3.63, 3.8) is 0 Å². The average molecular weight is 247 g/mol. The Hall–Kier alpha value is -0.990. The third kappa shape index (κ3) is 1.25. The van der Waals surface area contributed by atoms with E-state index >= 15 is 0 Å². The number of H-pyrrole nitrogens is 1. The van der Waals surface area contributed by atoms with Gasteiger partial charge in [0.2, 0.25) is 0 Å². The fraction of sp³-hybridized carbons (Fsp3) is 0.429. The molecule has 1 aliphatic heterocycles. The van der Waals surface area contributed by atoms with Gasteiger partial charge in [0.25, 0.3) is 0 Å². The number of piperidine rings is 1. The van der Waals surface area contributed by atoms with E-state index in [9.17, 15) is 0 Å². The molecule has 2 aliphatic rings. The van der Waals surface area contributed by atoms with Gasteiger partial charge in [0.1, 0.15) is 0 Å². The van der Waals surface area contributed by atoms with E-state index in [1.165, 1.54) is 30.3 Å². The summed E-state index contributed by atoms with van der Waals surface area (Å²) in [6.07, 6.45) is 4.82. The van der Waals surface area contributed by atoms with Crippen molar-refractivity contribution in [3.8, 4) is 0 Å². The number of fused-ring (bicyclic) bond motifs is 2. The van der Waals surface area contributed by atoms with E-state index in [0.29, 0.717) is 5.41 Å². The van der Waals surface area contributed by atoms with Gasteiger partial charge in [0.05, 0.1) is 10.5 Å². The van der Waals surface area contributed by atoms with E-state index in [4.69, 9.17) is 11.6 Å². The van der Waals surface area contributed by atoms with Crippen LogP contribution in [0.5, 0.6) is 0 Å². The number of benzene rings is 1. The summed E-state index contributed by atoms with van der Waals surface area (Å²) in [6, 6.07) is 6.18. The van der Waals surface area contributed by atoms with Crippen LogP contribution in [0.15, 0.2) is 24.4 Å². The van der Waals surface area contributed by atoms with Gasteiger partial charge in [-0.2, -0.15) is 0 Å². The molecule has 1 saturated heterocycles. The van der Waals surface area contributed by atoms with Crippen LogP contribution in [0.4, 0.5) is 0 Å². The van der Waals surface area contributed by atoms with E-state index in [2.05, 4.69) is 22.6 Å². The Morgan fingerprint density at radius 1 is 1.35 bits per heavy atom. The Morgan fingerprint density at radius 2 is 2.29 bits per heavy atom. The molecule has 0 spiro atoms. The first-order valence-corrected chi connectivity index (χ1v) is 6.66. The van der Waals surface area contributed by atoms with Gasteiger partial charge >= 0.3 is 0 Å². The summed E-state index contributed by atoms with van der Waals surface area (Å²) in [5.74, 6) is 0.877. The minimum atomic E-state index is 0.390. The van der Waals surface area contributed by atoms with Crippen LogP contribution in [0.3, 0.4) is 0 Å². The van der Waals surface area contributed by atoms with Crippen LogP contribution in [-0.4, -0.2) is 18.1 Å². The standard InChI is InChI=1S/C14H15ClN2/c15-12-3-1-2-10-11(7-17-13(10)12)14-6-9(14)4-5-16-8-14/h1-3,7,9,16-17H,4-6,8H2. The molecule has 1 aromatic carbocycles. The highest BCUT2D eigenvalue weighted by Gasteiger charge is 2.56. The van der Waals surface area contributed by atoms with Crippen molar-refractivity contribution >= 4 is 22.5 Å². The molecular weight excluding hydrogens is 232 g/mol. The van der Waals surface area contributed by atoms with Crippen LogP contribution in [0.1, 0.15) is 18.4 Å². The molecule has 2 aromatic rings. The highest BCUT2D eigenvalue weighted by Crippen LogP contribution is 2.58. The van der Waals surface area contributed by atoms with Crippen molar-refractivity contribution in [2.24, 2.45) is 5.92 Å². The van der Waals surface area contributed by atoms with Crippen LogP contribution in [0.25, 0.3) is 10.9 Å². The summed E-state index contributed by atoms with van der Waals surface area (Å²) in [5.41, 5.74) is 2.95. The van der Waals surface area contributed by atoms with E-state index in [-0.39, 0.29) is 0 Å². The van der Waals surface area contributed by atoms with Gasteiger partial charge in [-0.3, -0.25) is 0 Å². The van der Waals surface area contributed by atoms with Gasteiger partial charge in [0.15, 0.2) is 0 Å². The minimum Gasteiger partial charge on any atom is -0.360 e. The second kappa shape index (κ2) is 3.27. The quantitative estimate of drug-likeness (QED) is 0.795. The minimum absolute atomic E-state index is 0.390. The first-order valence-electron chi connectivity index (χ1n) is 6.28. The summed E-state index contributed by atoms with van der Waals surface area (Å²) in [6.45, 7) is 2.30. The predicted molar refractivity (Wildman–Crippen MR) is 70.6 cm³/mol. The molecule has 0 amide bonds. The zero-order chi connectivity index (χ0) is 11.5. The largest absolute Gasteiger partial charge is 0.360 e. The first kappa shape index (κ1) is 9.98. The van der Waals surface area contributed by atoms with Crippen LogP contribution in [-0.2, 0) is 5.41 Å². The van der Waals surface area contributed by atoms with Crippen molar-refractivity contribution in [1.29, 1.82) is 0 Å². The SMILES string of the molecule is Clc1cccc2c(C34CNCCC3C4)c[nH]c12. The van der Waals surface area contributed by atoms with Crippen LogP contribution in [0, 0.1) is 5.92 Å². The molecule has 2 N–H and O–H groups in total. The lowest BCUT2D eigenvalue weighted by atomic mass is 9.90. The summed E-state index contributed by atoms with van der Waals surface area (Å²) < 4.78 is 0. The van der Waals surface area contributed by atoms with E-state index in [1.54, 1.807) is 0 Å². The molecular formula is C14H15ClN2. The fourth-order valence-electron chi connectivity index (χ4n) is 3.52. The second-order valence-electron chi connectivity index (χ2n) is 5.39. The number of aromatic amines is 1. The van der Waals surface area contributed by atoms with Gasteiger partial charge in [0, 0.05) is 23.5 Å². The molecule has 2 heterocycles. The molecule has 1 aromatic heterocycles. The van der Waals surface area contributed by atoms with Crippen molar-refractivity contribution in [2.75, 3.05) is 13.1 Å². The van der Waals surface area contributed by atoms with Crippen molar-refractivity contribution in [2.45, 2.75) is 18.3 Å². The van der Waals surface area contributed by atoms with Crippen molar-refractivity contribution in [1.82, 2.24) is 10.3 Å². The number of aromatic nitrogens is 1. The summed E-state index contributed by atoms with van der Waals surface area (Å²) in [4.78, 5) is 3.35. The maximum absolute atomic E-state index is 6.22. The number of rotatable bonds is 1. The number of hydrogen-bond acceptors (Lipinski definition) is 1. The number of para-hydroxylation sites is 1. The van der Waals surface area contributed by atoms with Crippen molar-refractivity contribution < 1.29 is 0 Å². The third-order valence-electron chi connectivity index (χ3n) is 4.54. The maximum Gasteiger partial charge on any atom is 0.0647 e. The van der Waals surface area contributed by atoms with Crippen LogP contribution in [0.2, 0.25) is 5.02 Å². The topological polar surface area (TPSA) is 27.8 Å². The lowest BCUT2D eigenvalue weighted by molar-refractivity contribution is 0.449. The first-order chi connectivity index (χ1) is 8.31. The molecule has 0 radical (unpaired) electrons. The highest BCUT2D eigenvalue weighted by atomic mass is 35.5. The summed E-state index contributed by atoms with van der Waals surface area (Å²) in [5, 5.41) is 5.67. The molecule has 3 heteroatoms. The smallest absolute Gasteiger partial charge is 0.0647 e. The lowest BCUT2D eigenvalue weighted by Gasteiger charge is -2.22. The molecule has 2 atom stereocenters. The van der Waals surface area contributed by atoms with Crippen LogP contribution >= 0.6 is 11.6 Å². The molecule has 4 rings (SSSR count). The van der Waals surface area contributed by atoms with Gasteiger partial charge in [-0.25, -0.2) is 0 Å². The zero-order valence-corrected chi connectivity index (χ0v) is 10.3. The molecule has 88 valence electrons. The Morgan fingerprint density at radius 3 is 3.18 bits per heavy atom. The van der Waals surface area contributed by atoms with Gasteiger partial charge in [-0.15, -0.1) is 0 Å². The van der Waals surface area contributed by atoms with Gasteiger partial charge in [-0.05, 0) is 36.9 Å². The summed E-state index contributed by atoms with van der Waals surface area (Å²) in [7, 11) is 0. The molecule has 2 fully saturated rings. The number of hydrogen-bond donors (Lipinski definition) is 2.